The molecule has 3 nitrogen and oxygen atoms in total. The summed E-state index contributed by atoms with van der Waals surface area (Å²) < 4.78 is 0. The fourth-order valence-electron chi connectivity index (χ4n) is 3.22. The summed E-state index contributed by atoms with van der Waals surface area (Å²) in [6.07, 6.45) is 10.6. The molecule has 1 amide bonds. The number of aryl methyl sites for hydroxylation is 1. The van der Waals surface area contributed by atoms with Gasteiger partial charge < -0.3 is 5.32 Å². The number of amides is 1. The molecule has 0 aliphatic rings. The molecule has 0 atom stereocenters. The Balaban J connectivity index is 1.58. The highest BCUT2D eigenvalue weighted by atomic mass is 16.1. The average molecular weight is 397 g/mol. The van der Waals surface area contributed by atoms with Gasteiger partial charge in [-0.2, -0.15) is 0 Å². The molecule has 0 saturated heterocycles. The standard InChI is InChI=1S/C27H28N2O/c1-22(27(30)29-20-9-8-11-23-12-10-19-28-21-23)17-18-26(24-13-4-2-5-14-24)25-15-6-3-7-16-25/h2-7,10,12-19,21H,8-9,11,20H2,1H3,(H,29,30)/b22-17+. The molecule has 0 bridgehead atoms. The molecule has 0 aliphatic heterocycles. The topological polar surface area (TPSA) is 42.0 Å². The van der Waals surface area contributed by atoms with E-state index in [-0.39, 0.29) is 5.91 Å². The van der Waals surface area contributed by atoms with Crippen molar-refractivity contribution >= 4 is 11.5 Å². The van der Waals surface area contributed by atoms with E-state index in [0.29, 0.717) is 12.1 Å². The Labute approximate surface area is 179 Å². The number of carbonyl (C=O) groups is 1. The van der Waals surface area contributed by atoms with Crippen molar-refractivity contribution in [3.05, 3.63) is 120 Å². The minimum absolute atomic E-state index is 0.0203. The van der Waals surface area contributed by atoms with Crippen molar-refractivity contribution < 1.29 is 4.79 Å². The zero-order valence-electron chi connectivity index (χ0n) is 17.4. The van der Waals surface area contributed by atoms with Gasteiger partial charge in [0.2, 0.25) is 5.91 Å². The number of benzene rings is 2. The summed E-state index contributed by atoms with van der Waals surface area (Å²) >= 11 is 0. The third kappa shape index (κ3) is 6.56. The molecule has 152 valence electrons. The lowest BCUT2D eigenvalue weighted by molar-refractivity contribution is -0.117. The van der Waals surface area contributed by atoms with Crippen LogP contribution in [0.4, 0.5) is 0 Å². The summed E-state index contributed by atoms with van der Waals surface area (Å²) in [4.78, 5) is 16.6. The summed E-state index contributed by atoms with van der Waals surface area (Å²) in [5.74, 6) is -0.0203. The van der Waals surface area contributed by atoms with Gasteiger partial charge in [0.15, 0.2) is 0 Å². The maximum atomic E-state index is 12.4. The van der Waals surface area contributed by atoms with Crippen molar-refractivity contribution in [3.8, 4) is 0 Å². The first-order chi connectivity index (χ1) is 14.7. The third-order valence-electron chi connectivity index (χ3n) is 4.93. The van der Waals surface area contributed by atoms with E-state index in [9.17, 15) is 4.79 Å². The third-order valence-corrected chi connectivity index (χ3v) is 4.93. The first-order valence-corrected chi connectivity index (χ1v) is 10.4. The van der Waals surface area contributed by atoms with Crippen LogP contribution in [0.2, 0.25) is 0 Å². The second kappa shape index (κ2) is 11.5. The lowest BCUT2D eigenvalue weighted by Crippen LogP contribution is -2.25. The summed E-state index contributed by atoms with van der Waals surface area (Å²) in [7, 11) is 0. The van der Waals surface area contributed by atoms with Crippen LogP contribution in [0, 0.1) is 0 Å². The van der Waals surface area contributed by atoms with Gasteiger partial charge in [-0.25, -0.2) is 0 Å². The summed E-state index contributed by atoms with van der Waals surface area (Å²) in [5.41, 5.74) is 5.29. The van der Waals surface area contributed by atoms with Gasteiger partial charge in [0.1, 0.15) is 0 Å². The highest BCUT2D eigenvalue weighted by Crippen LogP contribution is 2.23. The van der Waals surface area contributed by atoms with Gasteiger partial charge in [0.05, 0.1) is 0 Å². The van der Waals surface area contributed by atoms with Gasteiger partial charge in [-0.15, -0.1) is 0 Å². The Kier molecular flexibility index (Phi) is 8.16. The molecule has 0 unspecified atom stereocenters. The maximum absolute atomic E-state index is 12.4. The van der Waals surface area contributed by atoms with Crippen LogP contribution in [0.15, 0.2) is 103 Å². The average Bonchev–Trinajstić information content (AvgIpc) is 2.81. The van der Waals surface area contributed by atoms with Crippen molar-refractivity contribution in [2.24, 2.45) is 0 Å². The highest BCUT2D eigenvalue weighted by molar-refractivity contribution is 5.93. The smallest absolute Gasteiger partial charge is 0.246 e. The first kappa shape index (κ1) is 21.3. The Morgan fingerprint density at radius 3 is 2.13 bits per heavy atom. The lowest BCUT2D eigenvalue weighted by atomic mass is 9.97. The Hall–Kier alpha value is -3.46. The molecule has 3 rings (SSSR count). The number of nitrogens with zero attached hydrogens (tertiary/aromatic N) is 1. The number of nitrogens with one attached hydrogen (secondary N) is 1. The molecular weight excluding hydrogens is 368 g/mol. The van der Waals surface area contributed by atoms with Gasteiger partial charge in [0, 0.05) is 24.5 Å². The fourth-order valence-corrected chi connectivity index (χ4v) is 3.22. The highest BCUT2D eigenvalue weighted by Gasteiger charge is 2.06. The van der Waals surface area contributed by atoms with Crippen molar-refractivity contribution in [2.45, 2.75) is 26.2 Å². The largest absolute Gasteiger partial charge is 0.352 e. The molecule has 0 radical (unpaired) electrons. The van der Waals surface area contributed by atoms with Crippen LogP contribution in [0.1, 0.15) is 36.5 Å². The lowest BCUT2D eigenvalue weighted by Gasteiger charge is -2.08. The number of hydrogen-bond acceptors (Lipinski definition) is 2. The van der Waals surface area contributed by atoms with Crippen molar-refractivity contribution in [1.29, 1.82) is 0 Å². The van der Waals surface area contributed by atoms with Crippen LogP contribution in [-0.4, -0.2) is 17.4 Å². The molecule has 0 aliphatic carbocycles. The number of aromatic nitrogens is 1. The van der Waals surface area contributed by atoms with Crippen LogP contribution >= 0.6 is 0 Å². The van der Waals surface area contributed by atoms with Crippen molar-refractivity contribution in [1.82, 2.24) is 10.3 Å². The molecule has 3 heteroatoms. The molecule has 0 spiro atoms. The second-order valence-electron chi connectivity index (χ2n) is 7.24. The minimum atomic E-state index is -0.0203. The van der Waals surface area contributed by atoms with E-state index in [1.54, 1.807) is 6.20 Å². The molecule has 3 aromatic rings. The van der Waals surface area contributed by atoms with Gasteiger partial charge in [-0.1, -0.05) is 78.9 Å². The van der Waals surface area contributed by atoms with Gasteiger partial charge in [-0.05, 0) is 54.5 Å². The predicted octanol–water partition coefficient (Wildman–Crippen LogP) is 5.60. The number of rotatable bonds is 9. The van der Waals surface area contributed by atoms with E-state index < -0.39 is 0 Å². The summed E-state index contributed by atoms with van der Waals surface area (Å²) in [6, 6.07) is 24.5. The van der Waals surface area contributed by atoms with Gasteiger partial charge in [0.25, 0.3) is 0 Å². The Morgan fingerprint density at radius 1 is 0.867 bits per heavy atom. The number of allylic oxidation sites excluding steroid dienone is 2. The second-order valence-corrected chi connectivity index (χ2v) is 7.24. The molecule has 1 aromatic heterocycles. The molecule has 0 saturated carbocycles. The van der Waals surface area contributed by atoms with E-state index in [4.69, 9.17) is 0 Å². The van der Waals surface area contributed by atoms with Crippen LogP contribution in [0.3, 0.4) is 0 Å². The number of unbranched alkanes of at least 4 members (excludes halogenated alkanes) is 1. The first-order valence-electron chi connectivity index (χ1n) is 10.4. The SMILES string of the molecule is C/C(=C\C=C(c1ccccc1)c1ccccc1)C(=O)NCCCCc1cccnc1. The molecule has 2 aromatic carbocycles. The molecule has 30 heavy (non-hydrogen) atoms. The molecule has 1 N–H and O–H groups in total. The monoisotopic (exact) mass is 396 g/mol. The molecule has 1 heterocycles. The molecule has 0 fully saturated rings. The number of carbonyl (C=O) groups excluding carboxylic acids is 1. The van der Waals surface area contributed by atoms with Crippen molar-refractivity contribution in [2.75, 3.05) is 6.54 Å². The molecular formula is C27H28N2O. The zero-order chi connectivity index (χ0) is 21.0. The summed E-state index contributed by atoms with van der Waals surface area (Å²) in [6.45, 7) is 2.54. The van der Waals surface area contributed by atoms with E-state index in [0.717, 1.165) is 36.0 Å². The Bertz CT molecular complexity index is 936. The number of pyridine rings is 1. The van der Waals surface area contributed by atoms with E-state index in [1.807, 2.05) is 67.7 Å². The number of hydrogen-bond donors (Lipinski definition) is 1. The quantitative estimate of drug-likeness (QED) is 0.291. The Morgan fingerprint density at radius 2 is 1.53 bits per heavy atom. The maximum Gasteiger partial charge on any atom is 0.246 e. The van der Waals surface area contributed by atoms with Crippen LogP contribution < -0.4 is 5.32 Å². The van der Waals surface area contributed by atoms with E-state index in [1.165, 1.54) is 5.56 Å². The predicted molar refractivity (Wildman–Crippen MR) is 124 cm³/mol. The summed E-state index contributed by atoms with van der Waals surface area (Å²) in [5, 5.41) is 3.02. The normalized spacial score (nSPS) is 11.0. The van der Waals surface area contributed by atoms with Crippen LogP contribution in [-0.2, 0) is 11.2 Å². The van der Waals surface area contributed by atoms with E-state index >= 15 is 0 Å². The minimum Gasteiger partial charge on any atom is -0.352 e. The van der Waals surface area contributed by atoms with Crippen LogP contribution in [0.25, 0.3) is 5.57 Å². The van der Waals surface area contributed by atoms with E-state index in [2.05, 4.69) is 40.6 Å². The van der Waals surface area contributed by atoms with Crippen molar-refractivity contribution in [3.63, 3.8) is 0 Å². The van der Waals surface area contributed by atoms with Gasteiger partial charge >= 0.3 is 0 Å². The van der Waals surface area contributed by atoms with Gasteiger partial charge in [-0.3, -0.25) is 9.78 Å². The fraction of sp³-hybridized carbons (Fsp3) is 0.185. The zero-order valence-corrected chi connectivity index (χ0v) is 17.4. The van der Waals surface area contributed by atoms with Crippen LogP contribution in [0.5, 0.6) is 0 Å².